The zero-order chi connectivity index (χ0) is 24.9. The van der Waals surface area contributed by atoms with Crippen LogP contribution in [-0.2, 0) is 20.2 Å². The van der Waals surface area contributed by atoms with Crippen LogP contribution >= 0.6 is 0 Å². The van der Waals surface area contributed by atoms with E-state index in [1.54, 1.807) is 24.3 Å². The molecule has 34 heavy (non-hydrogen) atoms. The van der Waals surface area contributed by atoms with Crippen LogP contribution in [-0.4, -0.2) is 20.9 Å². The Morgan fingerprint density at radius 2 is 1.47 bits per heavy atom. The van der Waals surface area contributed by atoms with Gasteiger partial charge in [-0.15, -0.1) is 0 Å². The topological polar surface area (TPSA) is 84.5 Å². The minimum Gasteiger partial charge on any atom is -0.484 e. The van der Waals surface area contributed by atoms with Crippen LogP contribution < -0.4 is 14.8 Å². The van der Waals surface area contributed by atoms with Crippen LogP contribution in [0.3, 0.4) is 0 Å². The van der Waals surface area contributed by atoms with Crippen LogP contribution in [0.5, 0.6) is 5.75 Å². The normalized spacial score (nSPS) is 11.7. The minimum absolute atomic E-state index is 0.0874. The Morgan fingerprint density at radius 3 is 2.03 bits per heavy atom. The van der Waals surface area contributed by atoms with Crippen LogP contribution in [0.1, 0.15) is 43.9 Å². The summed E-state index contributed by atoms with van der Waals surface area (Å²) in [5.74, 6) is 0.284. The molecule has 0 spiro atoms. The van der Waals surface area contributed by atoms with Gasteiger partial charge in [-0.3, -0.25) is 9.52 Å². The van der Waals surface area contributed by atoms with Crippen molar-refractivity contribution in [3.63, 3.8) is 0 Å². The molecule has 0 radical (unpaired) electrons. The number of rotatable bonds is 9. The van der Waals surface area contributed by atoms with E-state index in [4.69, 9.17) is 4.74 Å². The zero-order valence-corrected chi connectivity index (χ0v) is 21.1. The molecule has 0 atom stereocenters. The molecular weight excluding hydrogens is 448 g/mol. The highest BCUT2D eigenvalue weighted by atomic mass is 32.2. The molecule has 0 saturated heterocycles. The lowest BCUT2D eigenvalue weighted by molar-refractivity contribution is -0.118. The Kier molecular flexibility index (Phi) is 7.67. The van der Waals surface area contributed by atoms with Gasteiger partial charge in [0.15, 0.2) is 6.61 Å². The third-order valence-corrected chi connectivity index (χ3v) is 7.21. The van der Waals surface area contributed by atoms with Crippen molar-refractivity contribution in [1.82, 2.24) is 0 Å². The molecule has 180 valence electrons. The summed E-state index contributed by atoms with van der Waals surface area (Å²) in [5, 5.41) is 2.72. The van der Waals surface area contributed by atoms with Crippen LogP contribution in [0, 0.1) is 13.8 Å². The summed E-state index contributed by atoms with van der Waals surface area (Å²) in [5.41, 5.74) is 4.24. The first-order chi connectivity index (χ1) is 16.0. The van der Waals surface area contributed by atoms with Gasteiger partial charge in [0.05, 0.1) is 4.90 Å². The molecule has 0 aliphatic carbocycles. The van der Waals surface area contributed by atoms with Crippen LogP contribution in [0.15, 0.2) is 71.6 Å². The van der Waals surface area contributed by atoms with E-state index in [0.29, 0.717) is 17.1 Å². The van der Waals surface area contributed by atoms with Crippen molar-refractivity contribution in [2.24, 2.45) is 0 Å². The second-order valence-corrected chi connectivity index (χ2v) is 10.8. The van der Waals surface area contributed by atoms with Crippen molar-refractivity contribution in [1.29, 1.82) is 0 Å². The monoisotopic (exact) mass is 480 g/mol. The largest absolute Gasteiger partial charge is 0.484 e. The Morgan fingerprint density at radius 1 is 0.882 bits per heavy atom. The first-order valence-corrected chi connectivity index (χ1v) is 12.7. The quantitative estimate of drug-likeness (QED) is 0.405. The van der Waals surface area contributed by atoms with Crippen molar-refractivity contribution < 1.29 is 17.9 Å². The number of carbonyl (C=O) groups is 1. The predicted octanol–water partition coefficient (Wildman–Crippen LogP) is 5.81. The van der Waals surface area contributed by atoms with Crippen LogP contribution in [0.25, 0.3) is 0 Å². The molecule has 3 aromatic rings. The van der Waals surface area contributed by atoms with Crippen molar-refractivity contribution >= 4 is 27.3 Å². The van der Waals surface area contributed by atoms with Crippen molar-refractivity contribution in [3.8, 4) is 5.75 Å². The fraction of sp³-hybridized carbons (Fsp3) is 0.296. The van der Waals surface area contributed by atoms with E-state index in [2.05, 4.69) is 30.8 Å². The number of sulfonamides is 1. The first-order valence-electron chi connectivity index (χ1n) is 11.2. The Labute approximate surface area is 202 Å². The molecule has 0 bridgehead atoms. The number of anilines is 2. The van der Waals surface area contributed by atoms with Gasteiger partial charge in [0, 0.05) is 11.4 Å². The molecule has 3 rings (SSSR count). The number of carbonyl (C=O) groups excluding carboxylic acids is 1. The average molecular weight is 481 g/mol. The molecular formula is C27H32N2O4S. The fourth-order valence-corrected chi connectivity index (χ4v) is 4.56. The summed E-state index contributed by atoms with van der Waals surface area (Å²) in [6.07, 6.45) is 1.03. The first kappa shape index (κ1) is 25.3. The predicted molar refractivity (Wildman–Crippen MR) is 137 cm³/mol. The molecule has 0 saturated carbocycles. The maximum Gasteiger partial charge on any atom is 0.262 e. The summed E-state index contributed by atoms with van der Waals surface area (Å²) < 4.78 is 33.6. The van der Waals surface area contributed by atoms with Gasteiger partial charge in [-0.05, 0) is 90.9 Å². The summed E-state index contributed by atoms with van der Waals surface area (Å²) in [6, 6.07) is 19.3. The van der Waals surface area contributed by atoms with Gasteiger partial charge >= 0.3 is 0 Å². The molecule has 0 unspecified atom stereocenters. The van der Waals surface area contributed by atoms with Gasteiger partial charge in [-0.2, -0.15) is 0 Å². The summed E-state index contributed by atoms with van der Waals surface area (Å²) >= 11 is 0. The molecule has 2 N–H and O–H groups in total. The van der Waals surface area contributed by atoms with E-state index < -0.39 is 10.0 Å². The van der Waals surface area contributed by atoms with E-state index >= 15 is 0 Å². The molecule has 0 aliphatic rings. The third-order valence-electron chi connectivity index (χ3n) is 5.81. The maximum atomic E-state index is 12.7. The second-order valence-electron chi connectivity index (χ2n) is 9.10. The smallest absolute Gasteiger partial charge is 0.262 e. The molecule has 6 nitrogen and oxygen atoms in total. The standard InChI is InChI=1S/C27H32N2O4S/c1-6-27(4,5)21-7-11-24(12-8-21)33-18-26(30)28-22-9-13-25(14-10-22)34(31,32)29-23-16-19(2)15-20(3)17-23/h7-17,29H,6,18H2,1-5H3,(H,28,30). The van der Waals surface area contributed by atoms with E-state index in [1.807, 2.05) is 44.2 Å². The second kappa shape index (κ2) is 10.3. The number of nitrogens with one attached hydrogen (secondary N) is 2. The third kappa shape index (κ3) is 6.60. The zero-order valence-electron chi connectivity index (χ0n) is 20.3. The van der Waals surface area contributed by atoms with Crippen LogP contribution in [0.2, 0.25) is 0 Å². The SMILES string of the molecule is CCC(C)(C)c1ccc(OCC(=O)Nc2ccc(S(=O)(=O)Nc3cc(C)cc(C)c3)cc2)cc1. The fourth-order valence-electron chi connectivity index (χ4n) is 3.52. The Balaban J connectivity index is 1.57. The van der Waals surface area contributed by atoms with Gasteiger partial charge in [0.1, 0.15) is 5.75 Å². The lowest BCUT2D eigenvalue weighted by Crippen LogP contribution is -2.20. The summed E-state index contributed by atoms with van der Waals surface area (Å²) in [6.45, 7) is 10.2. The Hall–Kier alpha value is -3.32. The van der Waals surface area contributed by atoms with E-state index in [1.165, 1.54) is 17.7 Å². The van der Waals surface area contributed by atoms with Crippen molar-refractivity contribution in [2.75, 3.05) is 16.6 Å². The molecule has 1 amide bonds. The molecule has 0 heterocycles. The molecule has 3 aromatic carbocycles. The van der Waals surface area contributed by atoms with Gasteiger partial charge in [-0.25, -0.2) is 8.42 Å². The summed E-state index contributed by atoms with van der Waals surface area (Å²) in [7, 11) is -3.74. The maximum absolute atomic E-state index is 12.7. The number of hydrogen-bond donors (Lipinski definition) is 2. The highest BCUT2D eigenvalue weighted by Crippen LogP contribution is 2.28. The van der Waals surface area contributed by atoms with Gasteiger partial charge in [0.25, 0.3) is 15.9 Å². The highest BCUT2D eigenvalue weighted by Gasteiger charge is 2.18. The highest BCUT2D eigenvalue weighted by molar-refractivity contribution is 7.92. The number of ether oxygens (including phenoxy) is 1. The molecule has 0 aromatic heterocycles. The molecule has 0 fully saturated rings. The number of amides is 1. The molecule has 7 heteroatoms. The van der Waals surface area contributed by atoms with Gasteiger partial charge < -0.3 is 10.1 Å². The number of aryl methyl sites for hydroxylation is 2. The van der Waals surface area contributed by atoms with E-state index in [-0.39, 0.29) is 22.8 Å². The Bertz CT molecular complexity index is 1230. The van der Waals surface area contributed by atoms with Gasteiger partial charge in [0.2, 0.25) is 0 Å². The molecule has 0 aliphatic heterocycles. The van der Waals surface area contributed by atoms with Crippen molar-refractivity contribution in [2.45, 2.75) is 51.3 Å². The average Bonchev–Trinajstić information content (AvgIpc) is 2.77. The number of benzene rings is 3. The van der Waals surface area contributed by atoms with E-state index in [9.17, 15) is 13.2 Å². The lowest BCUT2D eigenvalue weighted by Gasteiger charge is -2.23. The number of hydrogen-bond acceptors (Lipinski definition) is 4. The van der Waals surface area contributed by atoms with E-state index in [0.717, 1.165) is 17.5 Å². The van der Waals surface area contributed by atoms with Crippen LogP contribution in [0.4, 0.5) is 11.4 Å². The lowest BCUT2D eigenvalue weighted by atomic mass is 9.82. The van der Waals surface area contributed by atoms with Crippen molar-refractivity contribution in [3.05, 3.63) is 83.4 Å². The van der Waals surface area contributed by atoms with Gasteiger partial charge in [-0.1, -0.05) is 39.0 Å². The minimum atomic E-state index is -3.74. The summed E-state index contributed by atoms with van der Waals surface area (Å²) in [4.78, 5) is 12.4.